The maximum atomic E-state index is 12.9. The fraction of sp³-hybridized carbons (Fsp3) is 0.444. The summed E-state index contributed by atoms with van der Waals surface area (Å²) in [6.07, 6.45) is 4.72. The Morgan fingerprint density at radius 3 is 2.95 bits per heavy atom. The summed E-state index contributed by atoms with van der Waals surface area (Å²) in [7, 11) is 0. The van der Waals surface area contributed by atoms with Crippen molar-refractivity contribution >= 4 is 16.8 Å². The number of hydrogen-bond acceptors (Lipinski definition) is 3. The van der Waals surface area contributed by atoms with E-state index < -0.39 is 0 Å². The molecule has 22 heavy (non-hydrogen) atoms. The molecular weight excluding hydrogens is 276 g/mol. The minimum atomic E-state index is 0.0472. The number of pyridine rings is 1. The van der Waals surface area contributed by atoms with E-state index in [4.69, 9.17) is 4.74 Å². The maximum absolute atomic E-state index is 12.9. The summed E-state index contributed by atoms with van der Waals surface area (Å²) < 4.78 is 5.85. The summed E-state index contributed by atoms with van der Waals surface area (Å²) in [5.74, 6) is 0.0472. The Balaban J connectivity index is 1.64. The van der Waals surface area contributed by atoms with Crippen LogP contribution in [0, 0.1) is 0 Å². The number of para-hydroxylation sites is 1. The van der Waals surface area contributed by atoms with Crippen molar-refractivity contribution in [3.05, 3.63) is 42.1 Å². The van der Waals surface area contributed by atoms with E-state index in [1.165, 1.54) is 12.8 Å². The van der Waals surface area contributed by atoms with Crippen molar-refractivity contribution in [2.45, 2.75) is 37.8 Å². The summed E-state index contributed by atoms with van der Waals surface area (Å²) in [5, 5.41) is 1.07. The highest BCUT2D eigenvalue weighted by Gasteiger charge is 2.37. The molecule has 0 N–H and O–H groups in total. The first-order chi connectivity index (χ1) is 10.8. The molecule has 1 aliphatic carbocycles. The third kappa shape index (κ3) is 2.37. The number of aromatic nitrogens is 1. The lowest BCUT2D eigenvalue weighted by Crippen LogP contribution is -2.54. The molecule has 4 heteroatoms. The monoisotopic (exact) mass is 296 g/mol. The van der Waals surface area contributed by atoms with Crippen LogP contribution in [0.4, 0.5) is 0 Å². The van der Waals surface area contributed by atoms with Gasteiger partial charge in [0.05, 0.1) is 24.3 Å². The van der Waals surface area contributed by atoms with Gasteiger partial charge in [-0.1, -0.05) is 37.1 Å². The standard InChI is InChI=1S/C18H20N2O2/c21-18(15-10-9-13-5-1-2-6-14(13)19-15)20-11-12-22-17-8-4-3-7-16(17)20/h1-2,5-6,9-10,16-17H,3-4,7-8,11-12H2/t16-,17+/m1/s1. The molecule has 2 aromatic rings. The highest BCUT2D eigenvalue weighted by atomic mass is 16.5. The second-order valence-electron chi connectivity index (χ2n) is 6.15. The Labute approximate surface area is 130 Å². The lowest BCUT2D eigenvalue weighted by atomic mass is 9.90. The predicted molar refractivity (Wildman–Crippen MR) is 84.8 cm³/mol. The number of morpholine rings is 1. The third-order valence-corrected chi connectivity index (χ3v) is 4.81. The van der Waals surface area contributed by atoms with E-state index in [2.05, 4.69) is 4.98 Å². The summed E-state index contributed by atoms with van der Waals surface area (Å²) in [6.45, 7) is 1.31. The highest BCUT2D eigenvalue weighted by Crippen LogP contribution is 2.29. The Hall–Kier alpha value is -1.94. The molecule has 0 spiro atoms. The normalized spacial score (nSPS) is 25.0. The van der Waals surface area contributed by atoms with Gasteiger partial charge in [0.1, 0.15) is 5.69 Å². The molecule has 4 nitrogen and oxygen atoms in total. The van der Waals surface area contributed by atoms with Gasteiger partial charge >= 0.3 is 0 Å². The molecule has 1 aromatic heterocycles. The van der Waals surface area contributed by atoms with Crippen molar-refractivity contribution in [3.8, 4) is 0 Å². The van der Waals surface area contributed by atoms with E-state index >= 15 is 0 Å². The van der Waals surface area contributed by atoms with Gasteiger partial charge in [0.15, 0.2) is 0 Å². The predicted octanol–water partition coefficient (Wildman–Crippen LogP) is 3.02. The smallest absolute Gasteiger partial charge is 0.272 e. The first kappa shape index (κ1) is 13.7. The van der Waals surface area contributed by atoms with Crippen LogP contribution in [0.5, 0.6) is 0 Å². The largest absolute Gasteiger partial charge is 0.374 e. The Morgan fingerprint density at radius 1 is 1.14 bits per heavy atom. The molecule has 1 amide bonds. The molecule has 1 saturated heterocycles. The lowest BCUT2D eigenvalue weighted by Gasteiger charge is -2.43. The van der Waals surface area contributed by atoms with Crippen LogP contribution in [0.15, 0.2) is 36.4 Å². The number of benzene rings is 1. The van der Waals surface area contributed by atoms with Crippen LogP contribution in [-0.2, 0) is 4.74 Å². The molecule has 2 fully saturated rings. The summed E-state index contributed by atoms with van der Waals surface area (Å²) in [6, 6.07) is 12.0. The zero-order chi connectivity index (χ0) is 14.9. The molecule has 2 atom stereocenters. The molecule has 2 heterocycles. The van der Waals surface area contributed by atoms with Crippen molar-refractivity contribution in [3.63, 3.8) is 0 Å². The third-order valence-electron chi connectivity index (χ3n) is 4.81. The highest BCUT2D eigenvalue weighted by molar-refractivity contribution is 5.95. The van der Waals surface area contributed by atoms with Gasteiger partial charge in [-0.25, -0.2) is 4.98 Å². The zero-order valence-corrected chi connectivity index (χ0v) is 12.6. The first-order valence-electron chi connectivity index (χ1n) is 8.11. The lowest BCUT2D eigenvalue weighted by molar-refractivity contribution is -0.0754. The van der Waals surface area contributed by atoms with Crippen molar-refractivity contribution in [1.29, 1.82) is 0 Å². The minimum Gasteiger partial charge on any atom is -0.374 e. The molecule has 114 valence electrons. The zero-order valence-electron chi connectivity index (χ0n) is 12.6. The van der Waals surface area contributed by atoms with Gasteiger partial charge in [-0.05, 0) is 25.0 Å². The van der Waals surface area contributed by atoms with Crippen LogP contribution in [-0.4, -0.2) is 41.1 Å². The van der Waals surface area contributed by atoms with Crippen LogP contribution >= 0.6 is 0 Å². The summed E-state index contributed by atoms with van der Waals surface area (Å²) in [5.41, 5.74) is 1.42. The van der Waals surface area contributed by atoms with Gasteiger partial charge in [0.25, 0.3) is 5.91 Å². The van der Waals surface area contributed by atoms with Gasteiger partial charge in [-0.15, -0.1) is 0 Å². The first-order valence-corrected chi connectivity index (χ1v) is 8.11. The van der Waals surface area contributed by atoms with Crippen LogP contribution in [0.3, 0.4) is 0 Å². The molecule has 4 rings (SSSR count). The van der Waals surface area contributed by atoms with E-state index in [0.717, 1.165) is 23.7 Å². The molecule has 1 aliphatic heterocycles. The summed E-state index contributed by atoms with van der Waals surface area (Å²) in [4.78, 5) is 19.5. The molecule has 1 saturated carbocycles. The van der Waals surface area contributed by atoms with E-state index in [-0.39, 0.29) is 18.1 Å². The van der Waals surface area contributed by atoms with Crippen molar-refractivity contribution in [2.75, 3.05) is 13.2 Å². The molecule has 2 aliphatic rings. The van der Waals surface area contributed by atoms with Crippen LogP contribution in [0.2, 0.25) is 0 Å². The number of carbonyl (C=O) groups excluding carboxylic acids is 1. The molecular formula is C18H20N2O2. The fourth-order valence-corrected chi connectivity index (χ4v) is 3.68. The number of ether oxygens (including phenoxy) is 1. The van der Waals surface area contributed by atoms with Crippen molar-refractivity contribution in [2.24, 2.45) is 0 Å². The van der Waals surface area contributed by atoms with Gasteiger partial charge in [-0.3, -0.25) is 4.79 Å². The molecule has 1 aromatic carbocycles. The minimum absolute atomic E-state index is 0.0472. The van der Waals surface area contributed by atoms with E-state index in [1.807, 2.05) is 41.3 Å². The molecule has 0 bridgehead atoms. The number of amides is 1. The van der Waals surface area contributed by atoms with Crippen LogP contribution in [0.25, 0.3) is 10.9 Å². The number of nitrogens with zero attached hydrogens (tertiary/aromatic N) is 2. The van der Waals surface area contributed by atoms with E-state index in [0.29, 0.717) is 18.8 Å². The van der Waals surface area contributed by atoms with Gasteiger partial charge in [0.2, 0.25) is 0 Å². The SMILES string of the molecule is O=C(c1ccc2ccccc2n1)N1CCO[C@H]2CCCC[C@H]21. The van der Waals surface area contributed by atoms with Crippen LogP contribution < -0.4 is 0 Å². The molecule has 0 radical (unpaired) electrons. The van der Waals surface area contributed by atoms with Crippen molar-refractivity contribution < 1.29 is 9.53 Å². The van der Waals surface area contributed by atoms with Gasteiger partial charge in [-0.2, -0.15) is 0 Å². The second-order valence-corrected chi connectivity index (χ2v) is 6.15. The van der Waals surface area contributed by atoms with Gasteiger partial charge < -0.3 is 9.64 Å². The Morgan fingerprint density at radius 2 is 2.00 bits per heavy atom. The Kier molecular flexibility index (Phi) is 3.54. The van der Waals surface area contributed by atoms with Gasteiger partial charge in [0, 0.05) is 11.9 Å². The quantitative estimate of drug-likeness (QED) is 0.812. The van der Waals surface area contributed by atoms with E-state index in [1.54, 1.807) is 0 Å². The average molecular weight is 296 g/mol. The fourth-order valence-electron chi connectivity index (χ4n) is 3.68. The topological polar surface area (TPSA) is 42.4 Å². The number of fused-ring (bicyclic) bond motifs is 2. The van der Waals surface area contributed by atoms with E-state index in [9.17, 15) is 4.79 Å². The maximum Gasteiger partial charge on any atom is 0.272 e. The Bertz CT molecular complexity index is 698. The second kappa shape index (κ2) is 5.69. The average Bonchev–Trinajstić information content (AvgIpc) is 2.60. The number of carbonyl (C=O) groups is 1. The van der Waals surface area contributed by atoms with Crippen LogP contribution in [0.1, 0.15) is 36.2 Å². The number of rotatable bonds is 1. The number of hydrogen-bond donors (Lipinski definition) is 0. The van der Waals surface area contributed by atoms with Crippen molar-refractivity contribution in [1.82, 2.24) is 9.88 Å². The summed E-state index contributed by atoms with van der Waals surface area (Å²) >= 11 is 0. The molecule has 0 unspecified atom stereocenters.